The lowest BCUT2D eigenvalue weighted by molar-refractivity contribution is 0.104. The Morgan fingerprint density at radius 3 is 2.48 bits per heavy atom. The molecule has 2 aromatic carbocycles. The normalized spacial score (nSPS) is 13.2. The van der Waals surface area contributed by atoms with Crippen LogP contribution in [-0.2, 0) is 5.41 Å². The second-order valence-corrected chi connectivity index (χ2v) is 7.28. The number of benzene rings is 2. The number of carbonyl (C=O) groups excluding carboxylic acids is 1. The topological polar surface area (TPSA) is 68.5 Å². The fraction of sp³-hybridized carbons (Fsp3) is 0.273. The third kappa shape index (κ3) is 3.80. The van der Waals surface area contributed by atoms with Gasteiger partial charge in [0.25, 0.3) is 0 Å². The van der Waals surface area contributed by atoms with E-state index >= 15 is 0 Å². The first-order valence-corrected chi connectivity index (χ1v) is 8.58. The van der Waals surface area contributed by atoms with Crippen molar-refractivity contribution in [1.82, 2.24) is 0 Å². The molecule has 0 N–H and O–H groups in total. The van der Waals surface area contributed by atoms with Gasteiger partial charge >= 0.3 is 0 Å². The van der Waals surface area contributed by atoms with Crippen LogP contribution in [0.25, 0.3) is 6.08 Å². The summed E-state index contributed by atoms with van der Waals surface area (Å²) in [5.74, 6) is 1.22. The van der Waals surface area contributed by atoms with Crippen LogP contribution in [0.5, 0.6) is 17.2 Å². The van der Waals surface area contributed by atoms with E-state index in [9.17, 15) is 10.1 Å². The van der Waals surface area contributed by atoms with Gasteiger partial charge in [-0.05, 0) is 34.8 Å². The van der Waals surface area contributed by atoms with E-state index in [1.807, 2.05) is 18.2 Å². The minimum atomic E-state index is -0.324. The van der Waals surface area contributed by atoms with E-state index < -0.39 is 0 Å². The molecular formula is C22H21NO4. The van der Waals surface area contributed by atoms with Crippen LogP contribution in [0, 0.1) is 11.3 Å². The number of hydrogen-bond donors (Lipinski definition) is 0. The average molecular weight is 363 g/mol. The smallest absolute Gasteiger partial charge is 0.231 e. The molecule has 0 saturated heterocycles. The number of nitriles is 1. The van der Waals surface area contributed by atoms with Crippen LogP contribution in [0.3, 0.4) is 0 Å². The van der Waals surface area contributed by atoms with Gasteiger partial charge in [-0.2, -0.15) is 5.26 Å². The van der Waals surface area contributed by atoms with Crippen molar-refractivity contribution in [2.45, 2.75) is 26.2 Å². The minimum Gasteiger partial charge on any atom is -0.493 e. The van der Waals surface area contributed by atoms with Crippen molar-refractivity contribution >= 4 is 11.9 Å². The Balaban J connectivity index is 1.93. The molecule has 0 fully saturated rings. The number of ether oxygens (including phenoxy) is 3. The van der Waals surface area contributed by atoms with Gasteiger partial charge in [0.1, 0.15) is 11.6 Å². The number of carbonyl (C=O) groups is 1. The summed E-state index contributed by atoms with van der Waals surface area (Å²) in [6.45, 7) is 6.44. The Bertz CT molecular complexity index is 944. The summed E-state index contributed by atoms with van der Waals surface area (Å²) < 4.78 is 16.1. The molecule has 1 heterocycles. The van der Waals surface area contributed by atoms with Crippen molar-refractivity contribution < 1.29 is 19.0 Å². The fourth-order valence-electron chi connectivity index (χ4n) is 2.83. The van der Waals surface area contributed by atoms with Gasteiger partial charge in [-0.1, -0.05) is 45.0 Å². The molecular weight excluding hydrogens is 342 g/mol. The summed E-state index contributed by atoms with van der Waals surface area (Å²) in [4.78, 5) is 12.8. The third-order valence-electron chi connectivity index (χ3n) is 4.37. The number of nitrogens with zero attached hydrogens (tertiary/aromatic N) is 1. The third-order valence-corrected chi connectivity index (χ3v) is 4.37. The molecule has 2 aromatic rings. The standard InChI is InChI=1S/C22H21NO4/c1-22(2,3)17-7-5-15(6-8-17)20(24)16(12-23)9-14-10-18(25-4)21-19(11-14)26-13-27-21/h5-11H,13H2,1-4H3/b16-9+. The Hall–Kier alpha value is -3.26. The number of methoxy groups -OCH3 is 1. The van der Waals surface area contributed by atoms with Gasteiger partial charge in [-0.25, -0.2) is 0 Å². The first kappa shape index (κ1) is 18.5. The largest absolute Gasteiger partial charge is 0.493 e. The van der Waals surface area contributed by atoms with E-state index in [4.69, 9.17) is 14.2 Å². The van der Waals surface area contributed by atoms with Gasteiger partial charge in [-0.3, -0.25) is 4.79 Å². The Morgan fingerprint density at radius 2 is 1.89 bits per heavy atom. The van der Waals surface area contributed by atoms with Crippen LogP contribution in [0.1, 0.15) is 42.3 Å². The second-order valence-electron chi connectivity index (χ2n) is 7.28. The molecule has 5 heteroatoms. The Labute approximate surface area is 158 Å². The molecule has 0 unspecified atom stereocenters. The van der Waals surface area contributed by atoms with Crippen LogP contribution < -0.4 is 14.2 Å². The number of ketones is 1. The van der Waals surface area contributed by atoms with Crippen LogP contribution >= 0.6 is 0 Å². The summed E-state index contributed by atoms with van der Waals surface area (Å²) in [6, 6.07) is 12.8. The quantitative estimate of drug-likeness (QED) is 0.454. The van der Waals surface area contributed by atoms with Crippen molar-refractivity contribution in [3.05, 3.63) is 58.7 Å². The zero-order valence-corrected chi connectivity index (χ0v) is 15.8. The number of hydrogen-bond acceptors (Lipinski definition) is 5. The lowest BCUT2D eigenvalue weighted by atomic mass is 9.86. The van der Waals surface area contributed by atoms with Gasteiger partial charge in [0, 0.05) is 5.56 Å². The number of rotatable bonds is 4. The molecule has 5 nitrogen and oxygen atoms in total. The summed E-state index contributed by atoms with van der Waals surface area (Å²) in [7, 11) is 1.53. The van der Waals surface area contributed by atoms with E-state index in [0.717, 1.165) is 5.56 Å². The molecule has 0 radical (unpaired) electrons. The highest BCUT2D eigenvalue weighted by atomic mass is 16.7. The summed E-state index contributed by atoms with van der Waals surface area (Å²) >= 11 is 0. The predicted molar refractivity (Wildman–Crippen MR) is 102 cm³/mol. The maximum atomic E-state index is 12.8. The van der Waals surface area contributed by atoms with Crippen molar-refractivity contribution in [3.63, 3.8) is 0 Å². The molecule has 138 valence electrons. The molecule has 0 saturated carbocycles. The van der Waals surface area contributed by atoms with Crippen molar-refractivity contribution in [3.8, 4) is 23.3 Å². The molecule has 1 aliphatic heterocycles. The summed E-state index contributed by atoms with van der Waals surface area (Å²) in [5, 5.41) is 9.50. The van der Waals surface area contributed by atoms with Crippen LogP contribution in [-0.4, -0.2) is 19.7 Å². The lowest BCUT2D eigenvalue weighted by Crippen LogP contribution is -2.11. The first-order chi connectivity index (χ1) is 12.8. The monoisotopic (exact) mass is 363 g/mol. The maximum Gasteiger partial charge on any atom is 0.231 e. The maximum absolute atomic E-state index is 12.8. The van der Waals surface area contributed by atoms with Gasteiger partial charge in [0.2, 0.25) is 18.3 Å². The highest BCUT2D eigenvalue weighted by Crippen LogP contribution is 2.42. The van der Waals surface area contributed by atoms with E-state index in [1.54, 1.807) is 24.3 Å². The van der Waals surface area contributed by atoms with Gasteiger partial charge in [-0.15, -0.1) is 0 Å². The molecule has 0 aromatic heterocycles. The SMILES string of the molecule is COc1cc(/C=C(\C#N)C(=O)c2ccc(C(C)(C)C)cc2)cc2c1OCO2. The number of Topliss-reactive ketones (excluding diaryl/α,β-unsaturated/α-hetero) is 1. The first-order valence-electron chi connectivity index (χ1n) is 8.58. The molecule has 0 aliphatic carbocycles. The average Bonchev–Trinajstić information content (AvgIpc) is 3.13. The molecule has 0 amide bonds. The molecule has 0 atom stereocenters. The fourth-order valence-corrected chi connectivity index (χ4v) is 2.83. The molecule has 1 aliphatic rings. The van der Waals surface area contributed by atoms with Crippen molar-refractivity contribution in [2.24, 2.45) is 0 Å². The van der Waals surface area contributed by atoms with E-state index in [1.165, 1.54) is 13.2 Å². The Kier molecular flexibility index (Phi) is 4.91. The van der Waals surface area contributed by atoms with E-state index in [-0.39, 0.29) is 23.6 Å². The number of fused-ring (bicyclic) bond motifs is 1. The Morgan fingerprint density at radius 1 is 1.19 bits per heavy atom. The van der Waals surface area contributed by atoms with Crippen LogP contribution in [0.4, 0.5) is 0 Å². The van der Waals surface area contributed by atoms with Crippen LogP contribution in [0.15, 0.2) is 42.0 Å². The predicted octanol–water partition coefficient (Wildman–Crippen LogP) is 4.51. The van der Waals surface area contributed by atoms with E-state index in [0.29, 0.717) is 28.4 Å². The van der Waals surface area contributed by atoms with Crippen molar-refractivity contribution in [2.75, 3.05) is 13.9 Å². The lowest BCUT2D eigenvalue weighted by Gasteiger charge is -2.18. The zero-order valence-electron chi connectivity index (χ0n) is 15.8. The zero-order chi connectivity index (χ0) is 19.6. The van der Waals surface area contributed by atoms with Gasteiger partial charge < -0.3 is 14.2 Å². The van der Waals surface area contributed by atoms with Gasteiger partial charge in [0.05, 0.1) is 7.11 Å². The highest BCUT2D eigenvalue weighted by Gasteiger charge is 2.21. The molecule has 0 spiro atoms. The minimum absolute atomic E-state index is 0.00147. The molecule has 27 heavy (non-hydrogen) atoms. The summed E-state index contributed by atoms with van der Waals surface area (Å²) in [5.41, 5.74) is 2.27. The highest BCUT2D eigenvalue weighted by molar-refractivity contribution is 6.14. The number of allylic oxidation sites excluding steroid dienone is 1. The molecule has 3 rings (SSSR count). The van der Waals surface area contributed by atoms with Crippen molar-refractivity contribution in [1.29, 1.82) is 5.26 Å². The second kappa shape index (κ2) is 7.16. The van der Waals surface area contributed by atoms with Crippen LogP contribution in [0.2, 0.25) is 0 Å². The van der Waals surface area contributed by atoms with Gasteiger partial charge in [0.15, 0.2) is 11.5 Å². The molecule has 0 bridgehead atoms. The van der Waals surface area contributed by atoms with E-state index in [2.05, 4.69) is 20.8 Å². The summed E-state index contributed by atoms with van der Waals surface area (Å²) in [6.07, 6.45) is 1.53.